The van der Waals surface area contributed by atoms with E-state index in [1.54, 1.807) is 0 Å². The zero-order valence-corrected chi connectivity index (χ0v) is 14.6. The number of benzene rings is 1. The van der Waals surface area contributed by atoms with E-state index in [2.05, 4.69) is 39.3 Å². The average Bonchev–Trinajstić information content (AvgIpc) is 2.90. The Balaban J connectivity index is 2.23. The van der Waals surface area contributed by atoms with E-state index in [-0.39, 0.29) is 11.2 Å². The number of aromatic nitrogens is 2. The van der Waals surface area contributed by atoms with E-state index >= 15 is 0 Å². The van der Waals surface area contributed by atoms with Crippen molar-refractivity contribution in [2.24, 2.45) is 5.41 Å². The molecule has 5 heteroatoms. The van der Waals surface area contributed by atoms with E-state index in [0.29, 0.717) is 22.8 Å². The lowest BCUT2D eigenvalue weighted by Gasteiger charge is -2.30. The maximum absolute atomic E-state index is 13.8. The number of imidazole rings is 1. The molecule has 1 aromatic carbocycles. The van der Waals surface area contributed by atoms with E-state index in [0.717, 1.165) is 23.3 Å². The molecule has 114 valence electrons. The van der Waals surface area contributed by atoms with Gasteiger partial charge in [-0.25, -0.2) is 9.37 Å². The Labute approximate surface area is 137 Å². The number of hydrogen-bond donors (Lipinski definition) is 0. The van der Waals surface area contributed by atoms with Gasteiger partial charge in [-0.05, 0) is 40.3 Å². The Morgan fingerprint density at radius 2 is 2.24 bits per heavy atom. The maximum Gasteiger partial charge on any atom is 0.139 e. The summed E-state index contributed by atoms with van der Waals surface area (Å²) in [6, 6.07) is 3.76. The smallest absolute Gasteiger partial charge is 0.139 e. The quantitative estimate of drug-likeness (QED) is 0.652. The van der Waals surface area contributed by atoms with E-state index < -0.39 is 0 Å². The first-order valence-electron chi connectivity index (χ1n) is 7.36. The molecular formula is C16H19BrClFN2. The molecule has 1 atom stereocenters. The third-order valence-corrected chi connectivity index (χ3v) is 5.43. The molecular weight excluding hydrogens is 355 g/mol. The van der Waals surface area contributed by atoms with E-state index in [4.69, 9.17) is 11.6 Å². The van der Waals surface area contributed by atoms with Crippen LogP contribution in [-0.4, -0.2) is 15.4 Å². The van der Waals surface area contributed by atoms with E-state index in [1.807, 2.05) is 6.07 Å². The molecule has 1 aromatic heterocycles. The summed E-state index contributed by atoms with van der Waals surface area (Å²) in [4.78, 5) is 4.63. The van der Waals surface area contributed by atoms with Crippen molar-refractivity contribution in [3.8, 4) is 0 Å². The van der Waals surface area contributed by atoms with Gasteiger partial charge in [0.25, 0.3) is 0 Å². The summed E-state index contributed by atoms with van der Waals surface area (Å²) in [5.74, 6) is 1.23. The molecule has 0 saturated heterocycles. The van der Waals surface area contributed by atoms with Crippen LogP contribution < -0.4 is 0 Å². The van der Waals surface area contributed by atoms with E-state index in [9.17, 15) is 4.39 Å². The van der Waals surface area contributed by atoms with Gasteiger partial charge in [-0.15, -0.1) is 11.6 Å². The van der Waals surface area contributed by atoms with Crippen molar-refractivity contribution in [2.45, 2.75) is 45.6 Å². The summed E-state index contributed by atoms with van der Waals surface area (Å²) < 4.78 is 16.6. The van der Waals surface area contributed by atoms with Crippen molar-refractivity contribution in [3.63, 3.8) is 0 Å². The third kappa shape index (κ3) is 2.61. The van der Waals surface area contributed by atoms with Crippen LogP contribution >= 0.6 is 27.5 Å². The first kappa shape index (κ1) is 15.3. The van der Waals surface area contributed by atoms with Crippen molar-refractivity contribution in [3.05, 3.63) is 28.2 Å². The van der Waals surface area contributed by atoms with Crippen LogP contribution in [0.2, 0.25) is 0 Å². The predicted molar refractivity (Wildman–Crippen MR) is 88.5 cm³/mol. The lowest BCUT2D eigenvalue weighted by Crippen LogP contribution is -2.23. The fraction of sp³-hybridized carbons (Fsp3) is 0.562. The highest BCUT2D eigenvalue weighted by atomic mass is 79.9. The normalized spacial score (nSPS) is 21.3. The van der Waals surface area contributed by atoms with Crippen LogP contribution in [0.25, 0.3) is 11.0 Å². The number of rotatable bonds is 3. The molecule has 0 radical (unpaired) electrons. The minimum absolute atomic E-state index is 0.232. The minimum atomic E-state index is -0.268. The topological polar surface area (TPSA) is 17.8 Å². The molecule has 1 aliphatic carbocycles. The maximum atomic E-state index is 13.8. The van der Waals surface area contributed by atoms with Crippen LogP contribution in [0.3, 0.4) is 0 Å². The van der Waals surface area contributed by atoms with Crippen molar-refractivity contribution < 1.29 is 4.39 Å². The van der Waals surface area contributed by atoms with Gasteiger partial charge in [0.05, 0.1) is 15.5 Å². The van der Waals surface area contributed by atoms with Gasteiger partial charge in [-0.1, -0.05) is 20.3 Å². The second-order valence-corrected chi connectivity index (χ2v) is 7.72. The fourth-order valence-corrected chi connectivity index (χ4v) is 4.04. The van der Waals surface area contributed by atoms with Crippen molar-refractivity contribution >= 4 is 38.6 Å². The number of nitrogens with zero attached hydrogens (tertiary/aromatic N) is 2. The number of halogens is 3. The lowest BCUT2D eigenvalue weighted by atomic mass is 9.87. The fourth-order valence-electron chi connectivity index (χ4n) is 3.54. The molecule has 1 aliphatic rings. The first-order valence-corrected chi connectivity index (χ1v) is 8.68. The van der Waals surface area contributed by atoms with E-state index in [1.165, 1.54) is 18.9 Å². The molecule has 0 amide bonds. The van der Waals surface area contributed by atoms with Gasteiger partial charge in [0.2, 0.25) is 0 Å². The second kappa shape index (κ2) is 5.54. The molecule has 2 nitrogen and oxygen atoms in total. The predicted octanol–water partition coefficient (Wildman–Crippen LogP) is 5.47. The van der Waals surface area contributed by atoms with Gasteiger partial charge >= 0.3 is 0 Å². The van der Waals surface area contributed by atoms with Crippen LogP contribution in [-0.2, 0) is 6.42 Å². The summed E-state index contributed by atoms with van der Waals surface area (Å²) in [5.41, 5.74) is 1.96. The Kier molecular flexibility index (Phi) is 4.04. The van der Waals surface area contributed by atoms with Crippen LogP contribution in [0.15, 0.2) is 16.6 Å². The molecule has 1 fully saturated rings. The first-order chi connectivity index (χ1) is 9.94. The van der Waals surface area contributed by atoms with Gasteiger partial charge in [-0.3, -0.25) is 0 Å². The highest BCUT2D eigenvalue weighted by Gasteiger charge is 2.37. The average molecular weight is 374 g/mol. The van der Waals surface area contributed by atoms with Gasteiger partial charge in [0, 0.05) is 24.4 Å². The van der Waals surface area contributed by atoms with Crippen LogP contribution in [0.4, 0.5) is 4.39 Å². The number of aryl methyl sites for hydroxylation is 1. The van der Waals surface area contributed by atoms with Crippen molar-refractivity contribution in [1.82, 2.24) is 9.55 Å². The summed E-state index contributed by atoms with van der Waals surface area (Å²) in [6.45, 7) is 4.61. The number of alkyl halides is 1. The third-order valence-electron chi connectivity index (χ3n) is 4.64. The van der Waals surface area contributed by atoms with Crippen LogP contribution in [0.5, 0.6) is 0 Å². The highest BCUT2D eigenvalue weighted by molar-refractivity contribution is 9.10. The second-order valence-electron chi connectivity index (χ2n) is 6.49. The Morgan fingerprint density at radius 3 is 2.86 bits per heavy atom. The monoisotopic (exact) mass is 372 g/mol. The molecule has 0 spiro atoms. The van der Waals surface area contributed by atoms with Crippen molar-refractivity contribution in [1.29, 1.82) is 0 Å². The molecule has 21 heavy (non-hydrogen) atoms. The number of fused-ring (bicyclic) bond motifs is 1. The zero-order valence-electron chi connectivity index (χ0n) is 12.3. The van der Waals surface area contributed by atoms with Crippen LogP contribution in [0.1, 0.15) is 45.0 Å². The minimum Gasteiger partial charge on any atom is -0.324 e. The molecule has 1 saturated carbocycles. The molecule has 1 unspecified atom stereocenters. The molecule has 0 N–H and O–H groups in total. The Hall–Kier alpha value is -0.610. The zero-order chi connectivity index (χ0) is 15.2. The van der Waals surface area contributed by atoms with Crippen molar-refractivity contribution in [2.75, 3.05) is 5.88 Å². The molecule has 0 bridgehead atoms. The molecule has 2 aromatic rings. The van der Waals surface area contributed by atoms with Crippen LogP contribution in [0, 0.1) is 11.2 Å². The van der Waals surface area contributed by atoms with Gasteiger partial charge < -0.3 is 4.57 Å². The summed E-state index contributed by atoms with van der Waals surface area (Å²) in [7, 11) is 0. The summed E-state index contributed by atoms with van der Waals surface area (Å²) in [6.07, 6.45) is 4.28. The number of hydrogen-bond acceptors (Lipinski definition) is 1. The van der Waals surface area contributed by atoms with Gasteiger partial charge in [-0.2, -0.15) is 0 Å². The SMILES string of the molecule is CC1(C)CCCC1n1c(CCCl)nc2cc(F)c(Br)cc21. The standard InChI is InChI=1S/C16H19BrClFN2/c1-16(2)6-3-4-14(16)21-13-8-10(17)11(19)9-12(13)20-15(21)5-7-18/h8-9,14H,3-7H2,1-2H3. The summed E-state index contributed by atoms with van der Waals surface area (Å²) in [5, 5.41) is 0. The molecule has 1 heterocycles. The highest BCUT2D eigenvalue weighted by Crippen LogP contribution is 2.47. The Morgan fingerprint density at radius 1 is 1.48 bits per heavy atom. The largest absolute Gasteiger partial charge is 0.324 e. The lowest BCUT2D eigenvalue weighted by molar-refractivity contribution is 0.261. The molecule has 0 aliphatic heterocycles. The Bertz CT molecular complexity index is 680. The van der Waals surface area contributed by atoms with Gasteiger partial charge in [0.1, 0.15) is 11.6 Å². The summed E-state index contributed by atoms with van der Waals surface area (Å²) >= 11 is 9.23. The molecule has 3 rings (SSSR count). The van der Waals surface area contributed by atoms with Gasteiger partial charge in [0.15, 0.2) is 0 Å².